The van der Waals surface area contributed by atoms with Gasteiger partial charge in [-0.1, -0.05) is 99.3 Å². The lowest BCUT2D eigenvalue weighted by molar-refractivity contribution is -0.119. The van der Waals surface area contributed by atoms with E-state index in [4.69, 9.17) is 14.2 Å². The van der Waals surface area contributed by atoms with Crippen molar-refractivity contribution in [2.75, 3.05) is 13.2 Å². The molecular weight excluding hydrogens is 372 g/mol. The van der Waals surface area contributed by atoms with Gasteiger partial charge in [-0.05, 0) is 38.5 Å². The molecule has 3 atom stereocenters. The summed E-state index contributed by atoms with van der Waals surface area (Å²) in [6.45, 7) is 14.8. The molecule has 0 N–H and O–H groups in total. The van der Waals surface area contributed by atoms with Crippen molar-refractivity contribution in [2.24, 2.45) is 0 Å². The molecule has 3 nitrogen and oxygen atoms in total. The average molecular weight is 429 g/mol. The number of rotatable bonds is 23. The fourth-order valence-electron chi connectivity index (χ4n) is 3.93. The Kier molecular flexibility index (Phi) is 22.0. The second kappa shape index (κ2) is 22.1. The summed E-state index contributed by atoms with van der Waals surface area (Å²) in [6, 6.07) is 0. The Morgan fingerprint density at radius 2 is 0.800 bits per heavy atom. The van der Waals surface area contributed by atoms with Gasteiger partial charge in [-0.3, -0.25) is 0 Å². The summed E-state index contributed by atoms with van der Waals surface area (Å²) in [5.74, 6) is 0. The number of hydrogen-bond donors (Lipinski definition) is 0. The topological polar surface area (TPSA) is 27.7 Å². The summed E-state index contributed by atoms with van der Waals surface area (Å²) in [6.07, 6.45) is 19.3. The van der Waals surface area contributed by atoms with Crippen molar-refractivity contribution in [1.29, 1.82) is 0 Å². The van der Waals surface area contributed by atoms with Gasteiger partial charge in [0.15, 0.2) is 0 Å². The van der Waals surface area contributed by atoms with E-state index < -0.39 is 0 Å². The number of hydrogen-bond acceptors (Lipinski definition) is 3. The summed E-state index contributed by atoms with van der Waals surface area (Å²) < 4.78 is 19.2. The van der Waals surface area contributed by atoms with Crippen LogP contribution in [0.25, 0.3) is 0 Å². The maximum absolute atomic E-state index is 6.54. The molecule has 0 aliphatic carbocycles. The van der Waals surface area contributed by atoms with Crippen molar-refractivity contribution in [2.45, 2.75) is 162 Å². The standard InChI is InChI=1S/C27H56O3/c1-7-13-16-19-24(10-4)28-22-27(30-26(12-6)21-18-15-9-3)23-29-25(11-5)20-17-14-8-2/h24-27H,7-23H2,1-6H3. The normalized spacial score (nSPS) is 15.8. The van der Waals surface area contributed by atoms with Gasteiger partial charge < -0.3 is 14.2 Å². The molecular formula is C27H56O3. The molecule has 0 saturated carbocycles. The third-order valence-electron chi connectivity index (χ3n) is 6.18. The van der Waals surface area contributed by atoms with Crippen molar-refractivity contribution in [3.8, 4) is 0 Å². The van der Waals surface area contributed by atoms with Crippen LogP contribution in [0.2, 0.25) is 0 Å². The zero-order valence-corrected chi connectivity index (χ0v) is 21.6. The van der Waals surface area contributed by atoms with Crippen LogP contribution in [-0.4, -0.2) is 37.6 Å². The van der Waals surface area contributed by atoms with Gasteiger partial charge in [0.25, 0.3) is 0 Å². The van der Waals surface area contributed by atoms with Crippen molar-refractivity contribution in [3.05, 3.63) is 0 Å². The fourth-order valence-corrected chi connectivity index (χ4v) is 3.93. The maximum Gasteiger partial charge on any atom is 0.104 e. The average Bonchev–Trinajstić information content (AvgIpc) is 2.77. The SMILES string of the molecule is CCCCCC(CC)OCC(COC(CC)CCCCC)OC(CC)CCCCC. The molecule has 0 spiro atoms. The molecule has 0 amide bonds. The molecule has 0 bridgehead atoms. The highest BCUT2D eigenvalue weighted by Crippen LogP contribution is 2.17. The number of unbranched alkanes of at least 4 members (excludes halogenated alkanes) is 6. The lowest BCUT2D eigenvalue weighted by atomic mass is 10.1. The van der Waals surface area contributed by atoms with Crippen LogP contribution < -0.4 is 0 Å². The third kappa shape index (κ3) is 16.6. The van der Waals surface area contributed by atoms with Crippen LogP contribution in [0.1, 0.15) is 138 Å². The smallest absolute Gasteiger partial charge is 0.104 e. The molecule has 0 rings (SSSR count). The van der Waals surface area contributed by atoms with Crippen molar-refractivity contribution in [3.63, 3.8) is 0 Å². The van der Waals surface area contributed by atoms with E-state index in [2.05, 4.69) is 41.5 Å². The van der Waals surface area contributed by atoms with Gasteiger partial charge in [0.05, 0.1) is 31.5 Å². The van der Waals surface area contributed by atoms with Gasteiger partial charge >= 0.3 is 0 Å². The van der Waals surface area contributed by atoms with E-state index in [1.807, 2.05) is 0 Å². The Labute approximate surface area is 190 Å². The van der Waals surface area contributed by atoms with Gasteiger partial charge in [-0.2, -0.15) is 0 Å². The van der Waals surface area contributed by atoms with Gasteiger partial charge in [0, 0.05) is 0 Å². The zero-order chi connectivity index (χ0) is 22.5. The van der Waals surface area contributed by atoms with Crippen LogP contribution in [0.5, 0.6) is 0 Å². The van der Waals surface area contributed by atoms with Gasteiger partial charge in [-0.25, -0.2) is 0 Å². The minimum atomic E-state index is 0.0528. The first-order valence-corrected chi connectivity index (χ1v) is 13.5. The first-order chi connectivity index (χ1) is 14.6. The van der Waals surface area contributed by atoms with Gasteiger partial charge in [0.1, 0.15) is 6.10 Å². The van der Waals surface area contributed by atoms with Crippen LogP contribution in [0, 0.1) is 0 Å². The molecule has 0 aromatic heterocycles. The largest absolute Gasteiger partial charge is 0.375 e. The molecule has 0 aromatic carbocycles. The fraction of sp³-hybridized carbons (Fsp3) is 1.00. The van der Waals surface area contributed by atoms with Crippen LogP contribution in [0.15, 0.2) is 0 Å². The third-order valence-corrected chi connectivity index (χ3v) is 6.18. The highest BCUT2D eigenvalue weighted by molar-refractivity contribution is 4.67. The lowest BCUT2D eigenvalue weighted by Gasteiger charge is -2.28. The van der Waals surface area contributed by atoms with Crippen molar-refractivity contribution in [1.82, 2.24) is 0 Å². The molecule has 30 heavy (non-hydrogen) atoms. The second-order valence-electron chi connectivity index (χ2n) is 9.00. The molecule has 0 radical (unpaired) electrons. The molecule has 0 saturated heterocycles. The Morgan fingerprint density at radius 1 is 0.433 bits per heavy atom. The Hall–Kier alpha value is -0.120. The summed E-state index contributed by atoms with van der Waals surface area (Å²) in [7, 11) is 0. The van der Waals surface area contributed by atoms with Crippen LogP contribution in [-0.2, 0) is 14.2 Å². The van der Waals surface area contributed by atoms with E-state index in [-0.39, 0.29) is 6.10 Å². The Morgan fingerprint density at radius 3 is 1.13 bits per heavy atom. The Bertz CT molecular complexity index is 312. The first-order valence-electron chi connectivity index (χ1n) is 13.5. The zero-order valence-electron chi connectivity index (χ0n) is 21.6. The minimum Gasteiger partial charge on any atom is -0.375 e. The summed E-state index contributed by atoms with van der Waals surface area (Å²) in [4.78, 5) is 0. The highest BCUT2D eigenvalue weighted by atomic mass is 16.6. The van der Waals surface area contributed by atoms with E-state index in [0.717, 1.165) is 25.7 Å². The summed E-state index contributed by atoms with van der Waals surface area (Å²) in [5.41, 5.74) is 0. The molecule has 0 aliphatic rings. The quantitative estimate of drug-likeness (QED) is 0.153. The predicted octanol–water partition coefficient (Wildman–Crippen LogP) is 8.48. The molecule has 0 aromatic rings. The molecule has 0 heterocycles. The van der Waals surface area contributed by atoms with E-state index in [9.17, 15) is 0 Å². The van der Waals surface area contributed by atoms with Crippen LogP contribution in [0.3, 0.4) is 0 Å². The number of ether oxygens (including phenoxy) is 3. The minimum absolute atomic E-state index is 0.0528. The van der Waals surface area contributed by atoms with Crippen LogP contribution >= 0.6 is 0 Å². The maximum atomic E-state index is 6.54. The first kappa shape index (κ1) is 29.9. The predicted molar refractivity (Wildman–Crippen MR) is 131 cm³/mol. The summed E-state index contributed by atoms with van der Waals surface area (Å²) in [5, 5.41) is 0. The van der Waals surface area contributed by atoms with Crippen molar-refractivity contribution >= 4 is 0 Å². The molecule has 0 fully saturated rings. The Balaban J connectivity index is 4.70. The van der Waals surface area contributed by atoms with E-state index in [1.54, 1.807) is 0 Å². The van der Waals surface area contributed by atoms with Crippen LogP contribution in [0.4, 0.5) is 0 Å². The lowest BCUT2D eigenvalue weighted by Crippen LogP contribution is -2.34. The van der Waals surface area contributed by atoms with Gasteiger partial charge in [0.2, 0.25) is 0 Å². The molecule has 3 unspecified atom stereocenters. The van der Waals surface area contributed by atoms with E-state index in [0.29, 0.717) is 31.5 Å². The monoisotopic (exact) mass is 428 g/mol. The van der Waals surface area contributed by atoms with E-state index >= 15 is 0 Å². The molecule has 0 aliphatic heterocycles. The molecule has 182 valence electrons. The molecule has 3 heteroatoms. The second-order valence-corrected chi connectivity index (χ2v) is 9.00. The van der Waals surface area contributed by atoms with Gasteiger partial charge in [-0.15, -0.1) is 0 Å². The summed E-state index contributed by atoms with van der Waals surface area (Å²) >= 11 is 0. The van der Waals surface area contributed by atoms with Crippen molar-refractivity contribution < 1.29 is 14.2 Å². The highest BCUT2D eigenvalue weighted by Gasteiger charge is 2.20. The van der Waals surface area contributed by atoms with E-state index in [1.165, 1.54) is 70.6 Å².